The molecule has 0 spiro atoms. The molecular weight excluding hydrogens is 250 g/mol. The molecule has 0 aliphatic heterocycles. The van der Waals surface area contributed by atoms with E-state index in [0.29, 0.717) is 16.9 Å². The van der Waals surface area contributed by atoms with Crippen LogP contribution in [-0.4, -0.2) is 14.7 Å². The summed E-state index contributed by atoms with van der Waals surface area (Å²) in [5.74, 6) is 0.604. The number of rotatable bonds is 2. The molecule has 5 nitrogen and oxygen atoms in total. The van der Waals surface area contributed by atoms with Crippen LogP contribution in [0.1, 0.15) is 5.76 Å². The highest BCUT2D eigenvalue weighted by atomic mass is 79.9. The largest absolute Gasteiger partial charge is 0.358 e. The molecule has 14 heavy (non-hydrogen) atoms. The first-order valence-electron chi connectivity index (χ1n) is 3.88. The Hall–Kier alpha value is -1.43. The Bertz CT molecular complexity index is 491. The van der Waals surface area contributed by atoms with Crippen molar-refractivity contribution in [2.75, 3.05) is 0 Å². The SMILES string of the molecule is O=c1ncccn1Cc1cc(Br)no1. The van der Waals surface area contributed by atoms with Crippen LogP contribution >= 0.6 is 15.9 Å². The summed E-state index contributed by atoms with van der Waals surface area (Å²) in [5.41, 5.74) is -0.306. The minimum absolute atomic E-state index is 0.306. The van der Waals surface area contributed by atoms with E-state index in [1.165, 1.54) is 10.8 Å². The molecule has 0 radical (unpaired) electrons. The van der Waals surface area contributed by atoms with Crippen molar-refractivity contribution in [1.82, 2.24) is 14.7 Å². The highest BCUT2D eigenvalue weighted by Crippen LogP contribution is 2.09. The van der Waals surface area contributed by atoms with Crippen molar-refractivity contribution >= 4 is 15.9 Å². The molecule has 6 heteroatoms. The Kier molecular flexibility index (Phi) is 2.45. The summed E-state index contributed by atoms with van der Waals surface area (Å²) < 4.78 is 6.99. The van der Waals surface area contributed by atoms with Gasteiger partial charge in [0.25, 0.3) is 0 Å². The lowest BCUT2D eigenvalue weighted by Crippen LogP contribution is -2.21. The molecule has 0 aliphatic carbocycles. The Balaban J connectivity index is 2.27. The van der Waals surface area contributed by atoms with Crippen LogP contribution in [0.2, 0.25) is 0 Å². The highest BCUT2D eigenvalue weighted by Gasteiger charge is 2.03. The van der Waals surface area contributed by atoms with E-state index in [9.17, 15) is 4.79 Å². The third-order valence-electron chi connectivity index (χ3n) is 1.64. The molecule has 0 amide bonds. The lowest BCUT2D eigenvalue weighted by Gasteiger charge is -1.98. The van der Waals surface area contributed by atoms with E-state index in [4.69, 9.17) is 4.52 Å². The van der Waals surface area contributed by atoms with E-state index < -0.39 is 0 Å². The first kappa shape index (κ1) is 9.14. The maximum atomic E-state index is 11.2. The minimum Gasteiger partial charge on any atom is -0.358 e. The van der Waals surface area contributed by atoms with E-state index in [0.717, 1.165) is 0 Å². The maximum Gasteiger partial charge on any atom is 0.347 e. The summed E-state index contributed by atoms with van der Waals surface area (Å²) in [6.45, 7) is 0.339. The zero-order valence-corrected chi connectivity index (χ0v) is 8.64. The van der Waals surface area contributed by atoms with Crippen molar-refractivity contribution in [2.45, 2.75) is 6.54 Å². The van der Waals surface area contributed by atoms with Gasteiger partial charge in [-0.05, 0) is 22.0 Å². The van der Waals surface area contributed by atoms with Crippen LogP contribution in [0.3, 0.4) is 0 Å². The zero-order valence-electron chi connectivity index (χ0n) is 7.05. The summed E-state index contributed by atoms with van der Waals surface area (Å²) in [4.78, 5) is 14.8. The van der Waals surface area contributed by atoms with Crippen LogP contribution in [0.5, 0.6) is 0 Å². The molecule has 0 unspecified atom stereocenters. The molecular formula is C8H6BrN3O2. The standard InChI is InChI=1S/C8H6BrN3O2/c9-7-4-6(14-11-7)5-12-3-1-2-10-8(12)13/h1-4H,5H2. The lowest BCUT2D eigenvalue weighted by molar-refractivity contribution is 0.371. The van der Waals surface area contributed by atoms with Crippen LogP contribution in [0.4, 0.5) is 0 Å². The van der Waals surface area contributed by atoms with Gasteiger partial charge in [0.15, 0.2) is 5.76 Å². The fourth-order valence-corrected chi connectivity index (χ4v) is 1.37. The molecule has 0 atom stereocenters. The Labute approximate surface area is 87.5 Å². The first-order chi connectivity index (χ1) is 6.75. The van der Waals surface area contributed by atoms with Crippen LogP contribution < -0.4 is 5.69 Å². The van der Waals surface area contributed by atoms with Crippen molar-refractivity contribution in [3.63, 3.8) is 0 Å². The maximum absolute atomic E-state index is 11.2. The molecule has 0 saturated carbocycles. The smallest absolute Gasteiger partial charge is 0.347 e. The Morgan fingerprint density at radius 3 is 3.07 bits per heavy atom. The second kappa shape index (κ2) is 3.75. The normalized spacial score (nSPS) is 10.4. The molecule has 0 aromatic carbocycles. The van der Waals surface area contributed by atoms with Crippen LogP contribution in [-0.2, 0) is 6.54 Å². The fraction of sp³-hybridized carbons (Fsp3) is 0.125. The van der Waals surface area contributed by atoms with Gasteiger partial charge in [-0.3, -0.25) is 4.57 Å². The van der Waals surface area contributed by atoms with Gasteiger partial charge < -0.3 is 4.52 Å². The molecule has 72 valence electrons. The van der Waals surface area contributed by atoms with Crippen molar-refractivity contribution in [3.8, 4) is 0 Å². The second-order valence-corrected chi connectivity index (χ2v) is 3.46. The van der Waals surface area contributed by atoms with Gasteiger partial charge in [0.05, 0.1) is 6.54 Å². The van der Waals surface area contributed by atoms with Crippen molar-refractivity contribution in [1.29, 1.82) is 0 Å². The molecule has 0 saturated heterocycles. The predicted octanol–water partition coefficient (Wildman–Crippen LogP) is 1.04. The molecule has 2 aromatic heterocycles. The summed E-state index contributed by atoms with van der Waals surface area (Å²) in [7, 11) is 0. The van der Waals surface area contributed by atoms with E-state index in [1.54, 1.807) is 18.3 Å². The van der Waals surface area contributed by atoms with Crippen molar-refractivity contribution < 1.29 is 4.52 Å². The molecule has 0 aliphatic rings. The second-order valence-electron chi connectivity index (χ2n) is 2.65. The van der Waals surface area contributed by atoms with Gasteiger partial charge in [0, 0.05) is 18.5 Å². The highest BCUT2D eigenvalue weighted by molar-refractivity contribution is 9.10. The van der Waals surface area contributed by atoms with Crippen LogP contribution in [0.15, 0.2) is 38.4 Å². The fourth-order valence-electron chi connectivity index (χ4n) is 1.04. The first-order valence-corrected chi connectivity index (χ1v) is 4.67. The molecule has 2 rings (SSSR count). The number of aromatic nitrogens is 3. The lowest BCUT2D eigenvalue weighted by atomic mass is 10.4. The molecule has 2 heterocycles. The van der Waals surface area contributed by atoms with Gasteiger partial charge >= 0.3 is 5.69 Å². The van der Waals surface area contributed by atoms with Gasteiger partial charge in [-0.15, -0.1) is 0 Å². The number of nitrogens with zero attached hydrogens (tertiary/aromatic N) is 3. The van der Waals surface area contributed by atoms with Crippen molar-refractivity contribution in [2.24, 2.45) is 0 Å². The van der Waals surface area contributed by atoms with E-state index in [-0.39, 0.29) is 5.69 Å². The van der Waals surface area contributed by atoms with E-state index in [2.05, 4.69) is 26.1 Å². The summed E-state index contributed by atoms with van der Waals surface area (Å²) in [6.07, 6.45) is 3.10. The van der Waals surface area contributed by atoms with E-state index in [1.807, 2.05) is 0 Å². The summed E-state index contributed by atoms with van der Waals surface area (Å²) >= 11 is 3.16. The van der Waals surface area contributed by atoms with E-state index >= 15 is 0 Å². The van der Waals surface area contributed by atoms with Crippen LogP contribution in [0.25, 0.3) is 0 Å². The van der Waals surface area contributed by atoms with Gasteiger partial charge in [-0.1, -0.05) is 5.16 Å². The Morgan fingerprint density at radius 2 is 2.43 bits per heavy atom. The van der Waals surface area contributed by atoms with Gasteiger partial charge in [-0.2, -0.15) is 0 Å². The third kappa shape index (κ3) is 1.90. The van der Waals surface area contributed by atoms with Crippen LogP contribution in [0, 0.1) is 0 Å². The van der Waals surface area contributed by atoms with Gasteiger partial charge in [-0.25, -0.2) is 9.78 Å². The Morgan fingerprint density at radius 1 is 1.57 bits per heavy atom. The zero-order chi connectivity index (χ0) is 9.97. The van der Waals surface area contributed by atoms with Crippen molar-refractivity contribution in [3.05, 3.63) is 45.4 Å². The average molecular weight is 256 g/mol. The average Bonchev–Trinajstić information content (AvgIpc) is 2.56. The molecule has 0 N–H and O–H groups in total. The minimum atomic E-state index is -0.306. The monoisotopic (exact) mass is 255 g/mol. The summed E-state index contributed by atoms with van der Waals surface area (Å²) in [5, 5.41) is 3.65. The number of halogens is 1. The van der Waals surface area contributed by atoms with Gasteiger partial charge in [0.1, 0.15) is 4.60 Å². The third-order valence-corrected chi connectivity index (χ3v) is 2.01. The number of hydrogen-bond donors (Lipinski definition) is 0. The molecule has 2 aromatic rings. The summed E-state index contributed by atoms with van der Waals surface area (Å²) in [6, 6.07) is 3.40. The molecule has 0 bridgehead atoms. The number of hydrogen-bond acceptors (Lipinski definition) is 4. The predicted molar refractivity (Wildman–Crippen MR) is 51.8 cm³/mol. The molecule has 0 fully saturated rings. The quantitative estimate of drug-likeness (QED) is 0.805. The van der Waals surface area contributed by atoms with Gasteiger partial charge in [0.2, 0.25) is 0 Å². The topological polar surface area (TPSA) is 60.9 Å².